The van der Waals surface area contributed by atoms with E-state index in [4.69, 9.17) is 4.74 Å². The van der Waals surface area contributed by atoms with Gasteiger partial charge in [-0.1, -0.05) is 6.07 Å². The summed E-state index contributed by atoms with van der Waals surface area (Å²) in [5.74, 6) is 0.755. The molecular formula is C18H20F2N4O3. The molecule has 1 aliphatic rings. The topological polar surface area (TPSA) is 76.6 Å². The summed E-state index contributed by atoms with van der Waals surface area (Å²) in [6, 6.07) is 7.65. The molecule has 0 unspecified atom stereocenters. The van der Waals surface area contributed by atoms with Crippen LogP contribution in [0, 0.1) is 5.92 Å². The lowest BCUT2D eigenvalue weighted by Crippen LogP contribution is -2.39. The molecule has 2 aromatic rings. The van der Waals surface area contributed by atoms with E-state index < -0.39 is 6.61 Å². The van der Waals surface area contributed by atoms with Crippen molar-refractivity contribution in [2.45, 2.75) is 19.5 Å². The molecule has 0 atom stereocenters. The Bertz CT molecular complexity index is 783. The van der Waals surface area contributed by atoms with E-state index in [1.807, 2.05) is 4.90 Å². The predicted molar refractivity (Wildman–Crippen MR) is 95.2 cm³/mol. The Morgan fingerprint density at radius 2 is 2.07 bits per heavy atom. The Kier molecular flexibility index (Phi) is 6.00. The summed E-state index contributed by atoms with van der Waals surface area (Å²) >= 11 is 0. The van der Waals surface area contributed by atoms with Crippen LogP contribution in [0.5, 0.6) is 11.6 Å². The van der Waals surface area contributed by atoms with Gasteiger partial charge in [-0.05, 0) is 25.0 Å². The van der Waals surface area contributed by atoms with E-state index >= 15 is 0 Å². The number of alkyl halides is 2. The number of benzene rings is 1. The van der Waals surface area contributed by atoms with Gasteiger partial charge in [-0.3, -0.25) is 4.79 Å². The molecule has 144 valence electrons. The normalized spacial score (nSPS) is 14.9. The molecule has 2 heterocycles. The Hall–Kier alpha value is -2.97. The van der Waals surface area contributed by atoms with Crippen molar-refractivity contribution in [2.75, 3.05) is 30.4 Å². The van der Waals surface area contributed by atoms with Gasteiger partial charge in [0.2, 0.25) is 17.7 Å². The average molecular weight is 378 g/mol. The zero-order valence-electron chi connectivity index (χ0n) is 14.8. The molecule has 1 N–H and O–H groups in total. The second-order valence-electron chi connectivity index (χ2n) is 6.06. The van der Waals surface area contributed by atoms with Gasteiger partial charge in [-0.25, -0.2) is 4.98 Å². The predicted octanol–water partition coefficient (Wildman–Crippen LogP) is 2.94. The summed E-state index contributed by atoms with van der Waals surface area (Å²) in [6.07, 6.45) is 2.91. The second kappa shape index (κ2) is 8.61. The lowest BCUT2D eigenvalue weighted by molar-refractivity contribution is -0.120. The van der Waals surface area contributed by atoms with Crippen molar-refractivity contribution >= 4 is 17.5 Å². The van der Waals surface area contributed by atoms with E-state index in [0.717, 1.165) is 0 Å². The van der Waals surface area contributed by atoms with Gasteiger partial charge in [0.25, 0.3) is 0 Å². The molecule has 27 heavy (non-hydrogen) atoms. The Morgan fingerprint density at radius 3 is 2.78 bits per heavy atom. The van der Waals surface area contributed by atoms with Gasteiger partial charge in [-0.2, -0.15) is 13.8 Å². The molecule has 1 fully saturated rings. The summed E-state index contributed by atoms with van der Waals surface area (Å²) in [4.78, 5) is 23.0. The largest absolute Gasteiger partial charge is 0.481 e. The van der Waals surface area contributed by atoms with Crippen LogP contribution in [0.4, 0.5) is 20.4 Å². The fourth-order valence-corrected chi connectivity index (χ4v) is 2.93. The molecular weight excluding hydrogens is 358 g/mol. The number of anilines is 2. The highest BCUT2D eigenvalue weighted by molar-refractivity contribution is 5.92. The number of halogens is 2. The molecule has 1 aromatic carbocycles. The molecule has 0 saturated carbocycles. The van der Waals surface area contributed by atoms with Gasteiger partial charge in [-0.15, -0.1) is 0 Å². The first-order valence-electron chi connectivity index (χ1n) is 8.53. The highest BCUT2D eigenvalue weighted by atomic mass is 19.3. The molecule has 0 aliphatic carbocycles. The summed E-state index contributed by atoms with van der Waals surface area (Å²) < 4.78 is 34.0. The number of rotatable bonds is 6. The van der Waals surface area contributed by atoms with Crippen molar-refractivity contribution < 1.29 is 23.0 Å². The van der Waals surface area contributed by atoms with Crippen LogP contribution < -0.4 is 19.7 Å². The van der Waals surface area contributed by atoms with Crippen molar-refractivity contribution in [2.24, 2.45) is 5.92 Å². The number of nitrogens with one attached hydrogen (secondary N) is 1. The number of hydrogen-bond acceptors (Lipinski definition) is 6. The van der Waals surface area contributed by atoms with Crippen molar-refractivity contribution in [3.8, 4) is 11.6 Å². The molecule has 1 aliphatic heterocycles. The SMILES string of the molecule is COc1ccnc(N2CCC(C(=O)Nc3cccc(OC(F)F)c3)CC2)n1. The highest BCUT2D eigenvalue weighted by Gasteiger charge is 2.26. The van der Waals surface area contributed by atoms with Crippen LogP contribution in [0.1, 0.15) is 12.8 Å². The van der Waals surface area contributed by atoms with Gasteiger partial charge < -0.3 is 19.7 Å². The summed E-state index contributed by atoms with van der Waals surface area (Å²) in [6.45, 7) is -1.63. The number of ether oxygens (including phenoxy) is 2. The van der Waals surface area contributed by atoms with E-state index in [-0.39, 0.29) is 17.6 Å². The van der Waals surface area contributed by atoms with Gasteiger partial charge in [0.05, 0.1) is 7.11 Å². The highest BCUT2D eigenvalue weighted by Crippen LogP contribution is 2.24. The van der Waals surface area contributed by atoms with Crippen LogP contribution >= 0.6 is 0 Å². The minimum atomic E-state index is -2.90. The standard InChI is InChI=1S/C18H20F2N4O3/c1-26-15-5-8-21-18(23-15)24-9-6-12(7-10-24)16(25)22-13-3-2-4-14(11-13)27-17(19)20/h2-5,8,11-12,17H,6-7,9-10H2,1H3,(H,22,25). The quantitative estimate of drug-likeness (QED) is 0.833. The minimum absolute atomic E-state index is 0.00722. The molecule has 0 spiro atoms. The molecule has 1 saturated heterocycles. The summed E-state index contributed by atoms with van der Waals surface area (Å²) in [5, 5.41) is 2.76. The maximum Gasteiger partial charge on any atom is 0.387 e. The van der Waals surface area contributed by atoms with Crippen LogP contribution in [-0.4, -0.2) is 42.7 Å². The fourth-order valence-electron chi connectivity index (χ4n) is 2.93. The van der Waals surface area contributed by atoms with Crippen molar-refractivity contribution in [1.29, 1.82) is 0 Å². The van der Waals surface area contributed by atoms with Crippen LogP contribution in [0.15, 0.2) is 36.5 Å². The maximum absolute atomic E-state index is 12.5. The van der Waals surface area contributed by atoms with Gasteiger partial charge in [0, 0.05) is 43.0 Å². The first-order chi connectivity index (χ1) is 13.0. The minimum Gasteiger partial charge on any atom is -0.481 e. The molecule has 3 rings (SSSR count). The van der Waals surface area contributed by atoms with Crippen molar-refractivity contribution in [3.05, 3.63) is 36.5 Å². The van der Waals surface area contributed by atoms with Gasteiger partial charge >= 0.3 is 6.61 Å². The molecule has 1 amide bonds. The smallest absolute Gasteiger partial charge is 0.387 e. The molecule has 7 nitrogen and oxygen atoms in total. The fraction of sp³-hybridized carbons (Fsp3) is 0.389. The number of hydrogen-bond donors (Lipinski definition) is 1. The van der Waals surface area contributed by atoms with Crippen LogP contribution in [-0.2, 0) is 4.79 Å². The van der Waals surface area contributed by atoms with E-state index in [1.165, 1.54) is 12.1 Å². The Morgan fingerprint density at radius 1 is 1.30 bits per heavy atom. The molecule has 1 aromatic heterocycles. The first-order valence-corrected chi connectivity index (χ1v) is 8.53. The van der Waals surface area contributed by atoms with E-state index in [9.17, 15) is 13.6 Å². The average Bonchev–Trinajstić information content (AvgIpc) is 2.68. The van der Waals surface area contributed by atoms with Crippen LogP contribution in [0.25, 0.3) is 0 Å². The lowest BCUT2D eigenvalue weighted by atomic mass is 9.96. The molecule has 0 bridgehead atoms. The number of carbonyl (C=O) groups is 1. The lowest BCUT2D eigenvalue weighted by Gasteiger charge is -2.31. The third kappa shape index (κ3) is 5.02. The maximum atomic E-state index is 12.5. The second-order valence-corrected chi connectivity index (χ2v) is 6.06. The number of aromatic nitrogens is 2. The number of amides is 1. The first kappa shape index (κ1) is 18.8. The number of methoxy groups -OCH3 is 1. The number of carbonyl (C=O) groups excluding carboxylic acids is 1. The summed E-state index contributed by atoms with van der Waals surface area (Å²) in [7, 11) is 1.55. The van der Waals surface area contributed by atoms with Crippen LogP contribution in [0.2, 0.25) is 0 Å². The number of piperidine rings is 1. The number of nitrogens with zero attached hydrogens (tertiary/aromatic N) is 3. The molecule has 9 heteroatoms. The van der Waals surface area contributed by atoms with Crippen LogP contribution in [0.3, 0.4) is 0 Å². The van der Waals surface area contributed by atoms with E-state index in [0.29, 0.717) is 43.4 Å². The third-order valence-electron chi connectivity index (χ3n) is 4.30. The monoisotopic (exact) mass is 378 g/mol. The molecule has 0 radical (unpaired) electrons. The summed E-state index contributed by atoms with van der Waals surface area (Å²) in [5.41, 5.74) is 0.428. The Balaban J connectivity index is 1.55. The zero-order valence-corrected chi connectivity index (χ0v) is 14.8. The Labute approximate surface area is 155 Å². The van der Waals surface area contributed by atoms with Crippen molar-refractivity contribution in [1.82, 2.24) is 9.97 Å². The zero-order chi connectivity index (χ0) is 19.2. The van der Waals surface area contributed by atoms with E-state index in [1.54, 1.807) is 31.5 Å². The van der Waals surface area contributed by atoms with Gasteiger partial charge in [0.15, 0.2) is 0 Å². The van der Waals surface area contributed by atoms with Gasteiger partial charge in [0.1, 0.15) is 5.75 Å². The van der Waals surface area contributed by atoms with E-state index in [2.05, 4.69) is 20.0 Å². The third-order valence-corrected chi connectivity index (χ3v) is 4.30. The van der Waals surface area contributed by atoms with Crippen molar-refractivity contribution in [3.63, 3.8) is 0 Å².